The Kier molecular flexibility index (Phi) is 5.66. The average molecular weight is 470 g/mol. The Morgan fingerprint density at radius 2 is 1.57 bits per heavy atom. The summed E-state index contributed by atoms with van der Waals surface area (Å²) in [6, 6.07) is 16.9. The number of carbonyl (C=O) groups excluding carboxylic acids is 2. The number of aryl methyl sites for hydroxylation is 2. The van der Waals surface area contributed by atoms with Gasteiger partial charge in [0.1, 0.15) is 5.69 Å². The van der Waals surface area contributed by atoms with Gasteiger partial charge in [0.2, 0.25) is 6.79 Å². The molecule has 2 N–H and O–H groups in total. The van der Waals surface area contributed by atoms with Gasteiger partial charge in [0, 0.05) is 29.0 Å². The molecule has 4 aromatic rings. The number of hydrogen-bond donors (Lipinski definition) is 2. The number of anilines is 2. The molecule has 9 nitrogen and oxygen atoms in total. The van der Waals surface area contributed by atoms with Crippen LogP contribution in [-0.4, -0.2) is 28.2 Å². The van der Waals surface area contributed by atoms with E-state index in [1.54, 1.807) is 72.2 Å². The van der Waals surface area contributed by atoms with Crippen LogP contribution in [0.15, 0.2) is 65.5 Å². The van der Waals surface area contributed by atoms with Crippen molar-refractivity contribution in [2.24, 2.45) is 0 Å². The van der Waals surface area contributed by atoms with E-state index in [1.165, 1.54) is 0 Å². The van der Waals surface area contributed by atoms with Crippen molar-refractivity contribution in [1.29, 1.82) is 0 Å². The Balaban J connectivity index is 1.33. The van der Waals surface area contributed by atoms with E-state index in [-0.39, 0.29) is 24.2 Å². The first-order chi connectivity index (χ1) is 16.9. The summed E-state index contributed by atoms with van der Waals surface area (Å²) in [5.41, 5.74) is 3.34. The summed E-state index contributed by atoms with van der Waals surface area (Å²) in [4.78, 5) is 42.2. The number of amides is 2. The van der Waals surface area contributed by atoms with Crippen LogP contribution in [0.2, 0.25) is 0 Å². The fourth-order valence-corrected chi connectivity index (χ4v) is 3.95. The molecule has 1 aromatic heterocycles. The van der Waals surface area contributed by atoms with E-state index in [9.17, 15) is 14.4 Å². The first-order valence-corrected chi connectivity index (χ1v) is 11.1. The van der Waals surface area contributed by atoms with Crippen LogP contribution >= 0.6 is 0 Å². The van der Waals surface area contributed by atoms with Gasteiger partial charge in [-0.05, 0) is 68.4 Å². The second kappa shape index (κ2) is 8.94. The molecule has 2 amide bonds. The second-order valence-electron chi connectivity index (χ2n) is 8.01. The fraction of sp³-hybridized carbons (Fsp3) is 0.154. The number of hydrogen-bond acceptors (Lipinski definition) is 6. The molecule has 0 fully saturated rings. The highest BCUT2D eigenvalue weighted by Crippen LogP contribution is 2.32. The molecule has 0 saturated carbocycles. The molecule has 35 heavy (non-hydrogen) atoms. The molecule has 9 heteroatoms. The zero-order valence-corrected chi connectivity index (χ0v) is 19.1. The predicted octanol–water partition coefficient (Wildman–Crippen LogP) is 3.96. The van der Waals surface area contributed by atoms with Gasteiger partial charge in [-0.3, -0.25) is 14.4 Å². The van der Waals surface area contributed by atoms with Gasteiger partial charge in [-0.15, -0.1) is 0 Å². The van der Waals surface area contributed by atoms with Crippen molar-refractivity contribution in [2.75, 3.05) is 17.4 Å². The van der Waals surface area contributed by atoms with Crippen LogP contribution in [0, 0.1) is 6.92 Å². The minimum Gasteiger partial charge on any atom is -0.454 e. The van der Waals surface area contributed by atoms with Crippen molar-refractivity contribution in [2.45, 2.75) is 20.4 Å². The molecule has 176 valence electrons. The first kappa shape index (κ1) is 22.1. The summed E-state index contributed by atoms with van der Waals surface area (Å²) in [5, 5.41) is 5.66. The smallest absolute Gasteiger partial charge is 0.272 e. The Hall–Kier alpha value is -4.66. The van der Waals surface area contributed by atoms with Gasteiger partial charge in [0.15, 0.2) is 11.5 Å². The zero-order valence-electron chi connectivity index (χ0n) is 19.1. The Bertz CT molecular complexity index is 1540. The van der Waals surface area contributed by atoms with Crippen molar-refractivity contribution >= 4 is 34.2 Å². The van der Waals surface area contributed by atoms with Crippen LogP contribution in [-0.2, 0) is 6.54 Å². The summed E-state index contributed by atoms with van der Waals surface area (Å²) in [5.74, 6) is 0.475. The van der Waals surface area contributed by atoms with Crippen molar-refractivity contribution in [3.05, 3.63) is 87.8 Å². The number of carbonyl (C=O) groups is 2. The summed E-state index contributed by atoms with van der Waals surface area (Å²) < 4.78 is 12.2. The lowest BCUT2D eigenvalue weighted by atomic mass is 10.1. The minimum absolute atomic E-state index is 0.132. The number of rotatable bonds is 5. The lowest BCUT2D eigenvalue weighted by Gasteiger charge is -2.11. The molecule has 0 spiro atoms. The monoisotopic (exact) mass is 470 g/mol. The minimum atomic E-state index is -0.333. The standard InChI is InChI=1S/C26H22N4O5/c1-3-30-21-9-7-16(11-20(21)27-15(2)26(30)33)24(31)28-18-5-4-6-19(13-18)29-25(32)17-8-10-22-23(12-17)35-14-34-22/h4-13H,3,14H2,1-2H3,(H,28,31)(H,29,32). The molecule has 0 bridgehead atoms. The molecule has 0 atom stereocenters. The molecule has 0 radical (unpaired) electrons. The van der Waals surface area contributed by atoms with Crippen LogP contribution in [0.1, 0.15) is 33.3 Å². The van der Waals surface area contributed by atoms with Crippen molar-refractivity contribution in [1.82, 2.24) is 9.55 Å². The molecule has 0 saturated heterocycles. The molecule has 1 aliphatic heterocycles. The Labute approximate surface area is 200 Å². The Morgan fingerprint density at radius 3 is 2.29 bits per heavy atom. The van der Waals surface area contributed by atoms with E-state index in [2.05, 4.69) is 15.6 Å². The van der Waals surface area contributed by atoms with Gasteiger partial charge >= 0.3 is 0 Å². The van der Waals surface area contributed by atoms with E-state index in [0.717, 1.165) is 0 Å². The molecule has 3 aromatic carbocycles. The topological polar surface area (TPSA) is 112 Å². The number of nitrogens with zero attached hydrogens (tertiary/aromatic N) is 2. The molecule has 5 rings (SSSR count). The summed E-state index contributed by atoms with van der Waals surface area (Å²) in [7, 11) is 0. The Morgan fingerprint density at radius 1 is 0.914 bits per heavy atom. The maximum Gasteiger partial charge on any atom is 0.272 e. The van der Waals surface area contributed by atoms with E-state index in [1.807, 2.05) is 6.92 Å². The summed E-state index contributed by atoms with van der Waals surface area (Å²) in [6.07, 6.45) is 0. The third-order valence-corrected chi connectivity index (χ3v) is 5.70. The van der Waals surface area contributed by atoms with Crippen LogP contribution in [0.25, 0.3) is 11.0 Å². The molecule has 1 aliphatic rings. The maximum absolute atomic E-state index is 12.9. The molecule has 0 aliphatic carbocycles. The first-order valence-electron chi connectivity index (χ1n) is 11.1. The van der Waals surface area contributed by atoms with Crippen molar-refractivity contribution in [3.8, 4) is 11.5 Å². The van der Waals surface area contributed by atoms with Gasteiger partial charge in [-0.1, -0.05) is 6.07 Å². The normalized spacial score (nSPS) is 11.9. The van der Waals surface area contributed by atoms with Gasteiger partial charge in [-0.2, -0.15) is 0 Å². The average Bonchev–Trinajstić information content (AvgIpc) is 3.33. The third-order valence-electron chi connectivity index (χ3n) is 5.70. The highest BCUT2D eigenvalue weighted by atomic mass is 16.7. The van der Waals surface area contributed by atoms with E-state index in [4.69, 9.17) is 9.47 Å². The zero-order chi connectivity index (χ0) is 24.5. The van der Waals surface area contributed by atoms with E-state index < -0.39 is 0 Å². The van der Waals surface area contributed by atoms with Gasteiger partial charge in [0.25, 0.3) is 17.4 Å². The largest absolute Gasteiger partial charge is 0.454 e. The van der Waals surface area contributed by atoms with Crippen molar-refractivity contribution in [3.63, 3.8) is 0 Å². The van der Waals surface area contributed by atoms with Gasteiger partial charge < -0.3 is 24.7 Å². The van der Waals surface area contributed by atoms with E-state index >= 15 is 0 Å². The van der Waals surface area contributed by atoms with E-state index in [0.29, 0.717) is 57.3 Å². The predicted molar refractivity (Wildman–Crippen MR) is 131 cm³/mol. The SMILES string of the molecule is CCn1c(=O)c(C)nc2cc(C(=O)Nc3cccc(NC(=O)c4ccc5c(c4)OCO5)c3)ccc21. The molecular weight excluding hydrogens is 448 g/mol. The maximum atomic E-state index is 12.9. The number of nitrogens with one attached hydrogen (secondary N) is 2. The number of benzene rings is 3. The van der Waals surface area contributed by atoms with Crippen LogP contribution < -0.4 is 25.7 Å². The second-order valence-corrected chi connectivity index (χ2v) is 8.01. The highest BCUT2D eigenvalue weighted by Gasteiger charge is 2.17. The van der Waals surface area contributed by atoms with Crippen LogP contribution in [0.3, 0.4) is 0 Å². The lowest BCUT2D eigenvalue weighted by molar-refractivity contribution is 0.101. The quantitative estimate of drug-likeness (QED) is 0.457. The number of fused-ring (bicyclic) bond motifs is 2. The fourth-order valence-electron chi connectivity index (χ4n) is 3.95. The molecule has 0 unspecified atom stereocenters. The highest BCUT2D eigenvalue weighted by molar-refractivity contribution is 6.07. The van der Waals surface area contributed by atoms with Gasteiger partial charge in [-0.25, -0.2) is 4.98 Å². The molecule has 2 heterocycles. The van der Waals surface area contributed by atoms with Gasteiger partial charge in [0.05, 0.1) is 11.0 Å². The number of ether oxygens (including phenoxy) is 2. The number of aromatic nitrogens is 2. The molecular formula is C26H22N4O5. The van der Waals surface area contributed by atoms with Crippen LogP contribution in [0.5, 0.6) is 11.5 Å². The summed E-state index contributed by atoms with van der Waals surface area (Å²) in [6.45, 7) is 4.19. The lowest BCUT2D eigenvalue weighted by Crippen LogP contribution is -2.23. The van der Waals surface area contributed by atoms with Crippen molar-refractivity contribution < 1.29 is 19.1 Å². The summed E-state index contributed by atoms with van der Waals surface area (Å²) >= 11 is 0. The third kappa shape index (κ3) is 4.31. The van der Waals surface area contributed by atoms with Crippen LogP contribution in [0.4, 0.5) is 11.4 Å².